The number of aromatic amines is 1. The number of ether oxygens (including phenoxy) is 2. The van der Waals surface area contributed by atoms with E-state index in [1.54, 1.807) is 19.9 Å². The molecule has 198 valence electrons. The van der Waals surface area contributed by atoms with Gasteiger partial charge in [0.2, 0.25) is 0 Å². The number of alkyl halides is 1. The molecule has 0 spiro atoms. The number of carbonyl (C=O) groups excluding carboxylic acids is 1. The lowest BCUT2D eigenvalue weighted by molar-refractivity contribution is -0.149. The third kappa shape index (κ3) is 6.29. The van der Waals surface area contributed by atoms with E-state index in [1.165, 1.54) is 31.2 Å². The molecule has 1 aromatic heterocycles. The fourth-order valence-electron chi connectivity index (χ4n) is 3.27. The van der Waals surface area contributed by atoms with E-state index in [1.807, 2.05) is 0 Å². The highest BCUT2D eigenvalue weighted by Gasteiger charge is 2.55. The monoisotopic (exact) mass is 533 g/mol. The van der Waals surface area contributed by atoms with Crippen LogP contribution in [-0.2, 0) is 23.4 Å². The lowest BCUT2D eigenvalue weighted by Crippen LogP contribution is -2.44. The maximum absolute atomic E-state index is 15.3. The fourth-order valence-corrected chi connectivity index (χ4v) is 4.79. The summed E-state index contributed by atoms with van der Waals surface area (Å²) >= 11 is 0. The molecule has 1 aliphatic heterocycles. The number of aliphatic hydroxyl groups excluding tert-OH is 1. The molecule has 3 rings (SSSR count). The van der Waals surface area contributed by atoms with Gasteiger partial charge in [0.1, 0.15) is 23.5 Å². The van der Waals surface area contributed by atoms with Crippen molar-refractivity contribution >= 4 is 13.7 Å². The Morgan fingerprint density at radius 1 is 1.33 bits per heavy atom. The largest absolute Gasteiger partial charge is 0.462 e. The molecule has 2 heterocycles. The summed E-state index contributed by atoms with van der Waals surface area (Å²) in [6.45, 7) is -0.141. The summed E-state index contributed by atoms with van der Waals surface area (Å²) in [4.78, 5) is 38.9. The van der Waals surface area contributed by atoms with Gasteiger partial charge in [-0.25, -0.2) is 18.3 Å². The van der Waals surface area contributed by atoms with E-state index in [0.29, 0.717) is 0 Å². The number of nitrogens with zero attached hydrogens (tertiary/aromatic N) is 1. The van der Waals surface area contributed by atoms with Gasteiger partial charge in [-0.15, -0.1) is 0 Å². The van der Waals surface area contributed by atoms with Crippen LogP contribution in [0.15, 0.2) is 52.2 Å². The molecule has 0 bridgehead atoms. The lowest BCUT2D eigenvalue weighted by atomic mass is 9.99. The number of para-hydroxylation sites is 1. The molecule has 1 aromatic carbocycles. The molecule has 6 atom stereocenters. The molecule has 36 heavy (non-hydrogen) atoms. The zero-order valence-corrected chi connectivity index (χ0v) is 20.5. The van der Waals surface area contributed by atoms with Crippen LogP contribution < -0.4 is 20.9 Å². The first-order valence-corrected chi connectivity index (χ1v) is 12.4. The van der Waals surface area contributed by atoms with Crippen molar-refractivity contribution in [2.24, 2.45) is 0 Å². The SMILES string of the molecule is [2H]C([2H])([2H])[C@]1(COP(=O)(N[C@@H](C)C(=O)OC(C)C)Oc2ccccc2)O[C@@H](n2c(=O)[nH]cc[13c]2=O)[C@H](F)[C@@H]1O. The van der Waals surface area contributed by atoms with Crippen LogP contribution in [0.3, 0.4) is 0 Å². The third-order valence-corrected chi connectivity index (χ3v) is 6.62. The number of rotatable bonds is 10. The summed E-state index contributed by atoms with van der Waals surface area (Å²) in [5, 5.41) is 13.1. The highest BCUT2D eigenvalue weighted by molar-refractivity contribution is 7.52. The number of aliphatic hydroxyl groups is 1. The normalized spacial score (nSPS) is 27.9. The average Bonchev–Trinajstić information content (AvgIpc) is 3.09. The molecule has 1 aliphatic rings. The van der Waals surface area contributed by atoms with Crippen LogP contribution in [0.25, 0.3) is 0 Å². The minimum absolute atomic E-state index is 0.00259. The van der Waals surface area contributed by atoms with E-state index in [-0.39, 0.29) is 10.3 Å². The van der Waals surface area contributed by atoms with Gasteiger partial charge in [0, 0.05) is 16.4 Å². The first-order valence-electron chi connectivity index (χ1n) is 12.4. The molecule has 2 aromatic rings. The topological polar surface area (TPSA) is 158 Å². The molecule has 14 heteroatoms. The Morgan fingerprint density at radius 3 is 2.64 bits per heavy atom. The number of esters is 1. The molecule has 0 aliphatic carbocycles. The molecule has 1 fully saturated rings. The van der Waals surface area contributed by atoms with Crippen molar-refractivity contribution in [2.45, 2.75) is 63.9 Å². The Labute approximate surface area is 210 Å². The van der Waals surface area contributed by atoms with E-state index in [9.17, 15) is 24.1 Å². The first-order chi connectivity index (χ1) is 18.1. The second-order valence-electron chi connectivity index (χ2n) is 8.29. The van der Waals surface area contributed by atoms with Gasteiger partial charge in [-0.3, -0.25) is 14.1 Å². The van der Waals surface area contributed by atoms with Crippen LogP contribution in [0, 0.1) is 0 Å². The predicted octanol–water partition coefficient (Wildman–Crippen LogP) is 1.66. The van der Waals surface area contributed by atoms with E-state index in [4.69, 9.17) is 22.6 Å². The van der Waals surface area contributed by atoms with Crippen LogP contribution in [-0.4, -0.2) is 57.3 Å². The van der Waals surface area contributed by atoms with Crippen LogP contribution in [0.5, 0.6) is 5.75 Å². The lowest BCUT2D eigenvalue weighted by Gasteiger charge is -2.30. The molecule has 12 nitrogen and oxygen atoms in total. The number of benzene rings is 1. The first kappa shape index (κ1) is 23.6. The number of hydrogen-bond donors (Lipinski definition) is 3. The number of aromatic nitrogens is 2. The molecule has 3 N–H and O–H groups in total. The standard InChI is InChI=1S/C22H29FN3O9P/c1-13(2)33-20(29)14(3)25-36(31,35-15-8-6-5-7-9-15)32-12-22(4)18(28)17(23)19(34-22)26-16(27)10-11-24-21(26)30/h5-11,13-14,17-19,28H,12H2,1-4H3,(H,24,30)(H,25,31)/t14-,17+,18-,19+,22+,36?/m0/s1/i4D3,16+1. The van der Waals surface area contributed by atoms with Crippen molar-refractivity contribution in [3.63, 3.8) is 0 Å². The van der Waals surface area contributed by atoms with Gasteiger partial charge in [-0.05, 0) is 39.8 Å². The Bertz CT molecular complexity index is 1300. The number of nitrogens with one attached hydrogen (secondary N) is 2. The van der Waals surface area contributed by atoms with E-state index in [2.05, 4.69) is 10.1 Å². The molecular weight excluding hydrogens is 501 g/mol. The summed E-state index contributed by atoms with van der Waals surface area (Å²) in [6.07, 6.45) is -6.74. The molecule has 1 unspecified atom stereocenters. The van der Waals surface area contributed by atoms with Crippen molar-refractivity contribution in [3.05, 3.63) is 63.4 Å². The number of carbonyl (C=O) groups is 1. The van der Waals surface area contributed by atoms with E-state index in [0.717, 1.165) is 12.3 Å². The summed E-state index contributed by atoms with van der Waals surface area (Å²) in [5.74, 6) is -0.836. The van der Waals surface area contributed by atoms with Crippen LogP contribution in [0.1, 0.15) is 38.0 Å². The fraction of sp³-hybridized carbons (Fsp3) is 0.500. The van der Waals surface area contributed by atoms with Gasteiger partial charge in [-0.2, -0.15) is 5.09 Å². The highest BCUT2D eigenvalue weighted by Crippen LogP contribution is 2.48. The minimum Gasteiger partial charge on any atom is -0.462 e. The van der Waals surface area contributed by atoms with Crippen molar-refractivity contribution in [3.8, 4) is 5.75 Å². The Hall–Kier alpha value is -2.83. The minimum atomic E-state index is -4.67. The van der Waals surface area contributed by atoms with Gasteiger partial charge >= 0.3 is 19.4 Å². The quantitative estimate of drug-likeness (QED) is 0.303. The number of H-pyrrole nitrogens is 1. The molecule has 0 amide bonds. The van der Waals surface area contributed by atoms with Crippen molar-refractivity contribution in [1.82, 2.24) is 14.6 Å². The molecule has 0 saturated carbocycles. The average molecular weight is 533 g/mol. The smallest absolute Gasteiger partial charge is 0.459 e. The van der Waals surface area contributed by atoms with Crippen LogP contribution in [0.4, 0.5) is 4.39 Å². The third-order valence-electron chi connectivity index (χ3n) is 5.00. The molecule has 0 radical (unpaired) electrons. The maximum Gasteiger partial charge on any atom is 0.459 e. The zero-order chi connectivity index (χ0) is 29.2. The van der Waals surface area contributed by atoms with Crippen molar-refractivity contribution in [2.75, 3.05) is 6.61 Å². The summed E-state index contributed by atoms with van der Waals surface area (Å²) < 4.78 is 74.5. The summed E-state index contributed by atoms with van der Waals surface area (Å²) in [5.41, 5.74) is -5.07. The van der Waals surface area contributed by atoms with Gasteiger partial charge in [0.25, 0.3) is 5.56 Å². The van der Waals surface area contributed by atoms with Crippen molar-refractivity contribution in [1.29, 1.82) is 0 Å². The van der Waals surface area contributed by atoms with Crippen molar-refractivity contribution < 1.29 is 41.5 Å². The number of halogens is 1. The number of hydrogen-bond acceptors (Lipinski definition) is 9. The summed E-state index contributed by atoms with van der Waals surface area (Å²) in [7, 11) is -4.67. The predicted molar refractivity (Wildman–Crippen MR) is 125 cm³/mol. The zero-order valence-electron chi connectivity index (χ0n) is 22.6. The highest BCUT2D eigenvalue weighted by atomic mass is 31.2. The van der Waals surface area contributed by atoms with Gasteiger partial charge in [-0.1, -0.05) is 18.2 Å². The van der Waals surface area contributed by atoms with Gasteiger partial charge in [0.15, 0.2) is 12.4 Å². The van der Waals surface area contributed by atoms with E-state index >= 15 is 4.39 Å². The molecular formula is C22H29FN3O9P. The van der Waals surface area contributed by atoms with Gasteiger partial charge in [0.05, 0.1) is 12.7 Å². The Kier molecular flexibility index (Phi) is 7.24. The second kappa shape index (κ2) is 11.1. The van der Waals surface area contributed by atoms with Crippen LogP contribution >= 0.6 is 7.75 Å². The molecule has 1 saturated heterocycles. The second-order valence-corrected chi connectivity index (χ2v) is 9.98. The van der Waals surface area contributed by atoms with Crippen LogP contribution in [0.2, 0.25) is 0 Å². The van der Waals surface area contributed by atoms with E-state index < -0.39 is 74.7 Å². The Morgan fingerprint density at radius 2 is 2.03 bits per heavy atom. The summed E-state index contributed by atoms with van der Waals surface area (Å²) in [6, 6.07) is 7.10. The Balaban J connectivity index is 1.97. The van der Waals surface area contributed by atoms with Gasteiger partial charge < -0.3 is 24.1 Å². The maximum atomic E-state index is 15.3.